The van der Waals surface area contributed by atoms with Crippen LogP contribution in [0.4, 0.5) is 0 Å². The molecule has 0 heterocycles. The zero-order chi connectivity index (χ0) is 14.6. The second kappa shape index (κ2) is 5.83. The predicted molar refractivity (Wildman–Crippen MR) is 70.5 cm³/mol. The number of hydrogen-bond donors (Lipinski definition) is 2. The number of carbonyl (C=O) groups is 3. The zero-order valence-corrected chi connectivity index (χ0v) is 11.1. The molecule has 0 atom stereocenters. The van der Waals surface area contributed by atoms with Crippen LogP contribution in [0.25, 0.3) is 0 Å². The summed E-state index contributed by atoms with van der Waals surface area (Å²) in [4.78, 5) is 34.7. The Morgan fingerprint density at radius 2 is 1.80 bits per heavy atom. The minimum atomic E-state index is -0.885. The number of Topliss-reactive ketones (excluding diaryl/α,β-unsaturated/α-hetero) is 1. The fourth-order valence-corrected chi connectivity index (χ4v) is 2.03. The Bertz CT molecular complexity index is 523. The highest BCUT2D eigenvalue weighted by molar-refractivity contribution is 6.36. The summed E-state index contributed by atoms with van der Waals surface area (Å²) in [6.45, 7) is -0.314. The van der Waals surface area contributed by atoms with Gasteiger partial charge in [0.1, 0.15) is 6.61 Å². The molecule has 0 aliphatic heterocycles. The van der Waals surface area contributed by atoms with Gasteiger partial charge in [0.05, 0.1) is 5.41 Å². The van der Waals surface area contributed by atoms with Gasteiger partial charge in [0.25, 0.3) is 0 Å². The Labute approximate surface area is 116 Å². The summed E-state index contributed by atoms with van der Waals surface area (Å²) in [5.74, 6) is -1.93. The predicted octanol–water partition coefficient (Wildman–Crippen LogP) is 0.0811. The molecule has 2 amide bonds. The van der Waals surface area contributed by atoms with Gasteiger partial charge in [0.15, 0.2) is 0 Å². The second-order valence-corrected chi connectivity index (χ2v) is 4.71. The summed E-state index contributed by atoms with van der Waals surface area (Å²) >= 11 is 0. The molecule has 0 aromatic heterocycles. The van der Waals surface area contributed by atoms with Gasteiger partial charge in [-0.1, -0.05) is 30.3 Å². The van der Waals surface area contributed by atoms with E-state index in [0.29, 0.717) is 0 Å². The number of hydrogen-bond acceptors (Lipinski definition) is 4. The van der Waals surface area contributed by atoms with Gasteiger partial charge >= 0.3 is 5.91 Å². The van der Waals surface area contributed by atoms with Gasteiger partial charge in [-0.15, -0.1) is 0 Å². The average Bonchev–Trinajstić information content (AvgIpc) is 3.27. The van der Waals surface area contributed by atoms with Crippen molar-refractivity contribution < 1.29 is 19.1 Å². The average molecular weight is 276 g/mol. The number of carbonyl (C=O) groups excluding carboxylic acids is 3. The van der Waals surface area contributed by atoms with Crippen LogP contribution in [0.15, 0.2) is 30.3 Å². The number of methoxy groups -OCH3 is 1. The Kier molecular flexibility index (Phi) is 4.14. The second-order valence-electron chi connectivity index (χ2n) is 4.71. The minimum absolute atomic E-state index is 0.303. The number of amides is 2. The lowest BCUT2D eigenvalue weighted by atomic mass is 9.95. The largest absolute Gasteiger partial charge is 0.376 e. The third-order valence-electron chi connectivity index (χ3n) is 3.33. The number of ether oxygens (including phenoxy) is 1. The van der Waals surface area contributed by atoms with Crippen LogP contribution in [-0.2, 0) is 24.5 Å². The van der Waals surface area contributed by atoms with Crippen LogP contribution < -0.4 is 10.9 Å². The summed E-state index contributed by atoms with van der Waals surface area (Å²) in [5.41, 5.74) is 4.75. The number of hydrazine groups is 1. The normalized spacial score (nSPS) is 15.2. The SMILES string of the molecule is COCC(=O)C(=O)NNC(=O)C1(c2ccccc2)CC1. The standard InChI is InChI=1S/C14H16N2O4/c1-20-9-11(17)12(18)15-16-13(19)14(7-8-14)10-5-3-2-4-6-10/h2-6H,7-9H2,1H3,(H,15,18)(H,16,19). The van der Waals surface area contributed by atoms with Gasteiger partial charge in [0.2, 0.25) is 11.7 Å². The molecule has 0 bridgehead atoms. The summed E-state index contributed by atoms with van der Waals surface area (Å²) in [6, 6.07) is 9.37. The summed E-state index contributed by atoms with van der Waals surface area (Å²) in [7, 11) is 1.32. The van der Waals surface area contributed by atoms with E-state index in [1.807, 2.05) is 30.3 Å². The van der Waals surface area contributed by atoms with Crippen molar-refractivity contribution in [1.29, 1.82) is 0 Å². The Balaban J connectivity index is 1.93. The highest BCUT2D eigenvalue weighted by atomic mass is 16.5. The third kappa shape index (κ3) is 2.85. The zero-order valence-electron chi connectivity index (χ0n) is 11.1. The molecule has 1 fully saturated rings. The van der Waals surface area contributed by atoms with Gasteiger partial charge < -0.3 is 4.74 Å². The monoisotopic (exact) mass is 276 g/mol. The van der Waals surface area contributed by atoms with E-state index in [2.05, 4.69) is 15.6 Å². The maximum absolute atomic E-state index is 12.1. The number of ketones is 1. The van der Waals surface area contributed by atoms with Crippen molar-refractivity contribution >= 4 is 17.6 Å². The lowest BCUT2D eigenvalue weighted by Crippen LogP contribution is -2.49. The van der Waals surface area contributed by atoms with Crippen LogP contribution in [0, 0.1) is 0 Å². The van der Waals surface area contributed by atoms with Crippen LogP contribution in [0.5, 0.6) is 0 Å². The van der Waals surface area contributed by atoms with E-state index in [1.165, 1.54) is 7.11 Å². The van der Waals surface area contributed by atoms with Crippen LogP contribution in [0.3, 0.4) is 0 Å². The lowest BCUT2D eigenvalue weighted by molar-refractivity contribution is -0.141. The molecule has 0 unspecified atom stereocenters. The molecule has 6 nitrogen and oxygen atoms in total. The van der Waals surface area contributed by atoms with Crippen LogP contribution in [0.2, 0.25) is 0 Å². The van der Waals surface area contributed by atoms with Crippen LogP contribution in [-0.4, -0.2) is 31.3 Å². The topological polar surface area (TPSA) is 84.5 Å². The molecular formula is C14H16N2O4. The highest BCUT2D eigenvalue weighted by Gasteiger charge is 2.51. The molecule has 106 valence electrons. The van der Waals surface area contributed by atoms with E-state index in [0.717, 1.165) is 18.4 Å². The van der Waals surface area contributed by atoms with Crippen molar-refractivity contribution in [3.63, 3.8) is 0 Å². The van der Waals surface area contributed by atoms with E-state index in [4.69, 9.17) is 0 Å². The van der Waals surface area contributed by atoms with Crippen molar-refractivity contribution in [3.05, 3.63) is 35.9 Å². The summed E-state index contributed by atoms with van der Waals surface area (Å²) < 4.78 is 4.56. The minimum Gasteiger partial charge on any atom is -0.376 e. The Morgan fingerprint density at radius 1 is 1.15 bits per heavy atom. The van der Waals surface area contributed by atoms with Crippen molar-refractivity contribution in [2.45, 2.75) is 18.3 Å². The molecule has 20 heavy (non-hydrogen) atoms. The molecule has 0 radical (unpaired) electrons. The molecule has 1 aliphatic rings. The molecule has 0 saturated heterocycles. The third-order valence-corrected chi connectivity index (χ3v) is 3.33. The number of benzene rings is 1. The molecule has 6 heteroatoms. The first-order valence-electron chi connectivity index (χ1n) is 6.28. The summed E-state index contributed by atoms with van der Waals surface area (Å²) in [6.07, 6.45) is 1.45. The summed E-state index contributed by atoms with van der Waals surface area (Å²) in [5, 5.41) is 0. The fourth-order valence-electron chi connectivity index (χ4n) is 2.03. The van der Waals surface area contributed by atoms with Crippen molar-refractivity contribution in [2.75, 3.05) is 13.7 Å². The van der Waals surface area contributed by atoms with Gasteiger partial charge in [0, 0.05) is 7.11 Å². The van der Waals surface area contributed by atoms with Gasteiger partial charge in [-0.25, -0.2) is 0 Å². The van der Waals surface area contributed by atoms with E-state index in [-0.39, 0.29) is 12.5 Å². The molecule has 2 N–H and O–H groups in total. The van der Waals surface area contributed by atoms with Crippen LogP contribution >= 0.6 is 0 Å². The first-order valence-corrected chi connectivity index (χ1v) is 6.28. The smallest absolute Gasteiger partial charge is 0.308 e. The number of rotatable bonds is 5. The van der Waals surface area contributed by atoms with Crippen molar-refractivity contribution in [1.82, 2.24) is 10.9 Å². The molecular weight excluding hydrogens is 260 g/mol. The molecule has 1 aromatic carbocycles. The van der Waals surface area contributed by atoms with Crippen molar-refractivity contribution in [2.24, 2.45) is 0 Å². The Morgan fingerprint density at radius 3 is 2.35 bits per heavy atom. The lowest BCUT2D eigenvalue weighted by Gasteiger charge is -2.15. The highest BCUT2D eigenvalue weighted by Crippen LogP contribution is 2.48. The number of nitrogens with one attached hydrogen (secondary N) is 2. The Hall–Kier alpha value is -2.21. The van der Waals surface area contributed by atoms with E-state index in [9.17, 15) is 14.4 Å². The van der Waals surface area contributed by atoms with E-state index < -0.39 is 17.1 Å². The fraction of sp³-hybridized carbons (Fsp3) is 0.357. The molecule has 0 spiro atoms. The van der Waals surface area contributed by atoms with Gasteiger partial charge in [-0.05, 0) is 18.4 Å². The van der Waals surface area contributed by atoms with E-state index in [1.54, 1.807) is 0 Å². The van der Waals surface area contributed by atoms with Crippen molar-refractivity contribution in [3.8, 4) is 0 Å². The first kappa shape index (κ1) is 14.2. The molecule has 2 rings (SSSR count). The molecule has 1 aromatic rings. The van der Waals surface area contributed by atoms with Crippen LogP contribution in [0.1, 0.15) is 18.4 Å². The van der Waals surface area contributed by atoms with E-state index >= 15 is 0 Å². The van der Waals surface area contributed by atoms with Gasteiger partial charge in [-0.3, -0.25) is 25.2 Å². The molecule has 1 aliphatic carbocycles. The van der Waals surface area contributed by atoms with Gasteiger partial charge in [-0.2, -0.15) is 0 Å². The quantitative estimate of drug-likeness (QED) is 0.589. The maximum Gasteiger partial charge on any atom is 0.308 e. The maximum atomic E-state index is 12.1. The molecule has 1 saturated carbocycles. The first-order chi connectivity index (χ1) is 9.60.